The summed E-state index contributed by atoms with van der Waals surface area (Å²) >= 11 is 1.31. The van der Waals surface area contributed by atoms with Crippen LogP contribution in [0.25, 0.3) is 21.3 Å². The van der Waals surface area contributed by atoms with Crippen molar-refractivity contribution in [2.24, 2.45) is 0 Å². The molecule has 0 aliphatic heterocycles. The van der Waals surface area contributed by atoms with Crippen LogP contribution in [-0.2, 0) is 0 Å². The van der Waals surface area contributed by atoms with Crippen molar-refractivity contribution in [1.82, 2.24) is 20.5 Å². The van der Waals surface area contributed by atoms with Crippen molar-refractivity contribution in [1.29, 1.82) is 0 Å². The highest BCUT2D eigenvalue weighted by Gasteiger charge is 2.29. The number of ketones is 1. The minimum absolute atomic E-state index is 0.0275. The predicted octanol–water partition coefficient (Wildman–Crippen LogP) is 4.87. The van der Waals surface area contributed by atoms with Gasteiger partial charge < -0.3 is 14.8 Å². The molecule has 0 radical (unpaired) electrons. The number of aromatic nitrogens is 3. The topological polar surface area (TPSA) is 118 Å². The number of hydrogen-bond donors (Lipinski definition) is 2. The molecule has 2 aromatic heterocycles. The number of carbonyl (C=O) groups is 2. The molecule has 1 aliphatic carbocycles. The zero-order chi connectivity index (χ0) is 22.1. The second kappa shape index (κ2) is 8.51. The molecular formula is C23H20N4O4S. The first kappa shape index (κ1) is 20.3. The van der Waals surface area contributed by atoms with Gasteiger partial charge in [0.05, 0.1) is 10.2 Å². The Morgan fingerprint density at radius 2 is 1.78 bits per heavy atom. The van der Waals surface area contributed by atoms with Crippen LogP contribution in [0.4, 0.5) is 4.79 Å². The van der Waals surface area contributed by atoms with E-state index >= 15 is 0 Å². The van der Waals surface area contributed by atoms with Crippen molar-refractivity contribution < 1.29 is 19.1 Å². The average Bonchev–Trinajstić information content (AvgIpc) is 3.46. The Morgan fingerprint density at radius 3 is 2.53 bits per heavy atom. The number of hydrogen-bond acceptors (Lipinski definition) is 7. The van der Waals surface area contributed by atoms with Gasteiger partial charge in [-0.3, -0.25) is 4.79 Å². The van der Waals surface area contributed by atoms with Crippen LogP contribution in [0, 0.1) is 0 Å². The van der Waals surface area contributed by atoms with Gasteiger partial charge in [0.25, 0.3) is 11.7 Å². The molecule has 1 saturated carbocycles. The molecule has 1 amide bonds. The van der Waals surface area contributed by atoms with E-state index in [1.54, 1.807) is 0 Å². The molecule has 32 heavy (non-hydrogen) atoms. The number of carboxylic acid groups (broad SMARTS) is 1. The third-order valence-electron chi connectivity index (χ3n) is 5.73. The Balaban J connectivity index is 1.32. The maximum Gasteiger partial charge on any atom is 0.404 e. The van der Waals surface area contributed by atoms with Crippen molar-refractivity contribution in [3.8, 4) is 11.1 Å². The molecule has 0 saturated heterocycles. The molecule has 1 fully saturated rings. The molecule has 2 N–H and O–H groups in total. The van der Waals surface area contributed by atoms with Crippen molar-refractivity contribution >= 4 is 33.4 Å². The first-order valence-corrected chi connectivity index (χ1v) is 11.2. The number of rotatable bonds is 5. The second-order valence-electron chi connectivity index (χ2n) is 7.84. The van der Waals surface area contributed by atoms with Crippen LogP contribution in [0.3, 0.4) is 0 Å². The maximum atomic E-state index is 12.9. The van der Waals surface area contributed by atoms with Crippen LogP contribution < -0.4 is 5.32 Å². The first-order chi connectivity index (χ1) is 15.6. The summed E-state index contributed by atoms with van der Waals surface area (Å²) < 4.78 is 6.62. The van der Waals surface area contributed by atoms with Gasteiger partial charge in [-0.2, -0.15) is 0 Å². The number of benzene rings is 2. The lowest BCUT2D eigenvalue weighted by molar-refractivity contribution is 0.0999. The van der Waals surface area contributed by atoms with E-state index in [0.29, 0.717) is 23.7 Å². The van der Waals surface area contributed by atoms with E-state index in [9.17, 15) is 9.59 Å². The highest BCUT2D eigenvalue weighted by Crippen LogP contribution is 2.33. The molecule has 2 aromatic carbocycles. The molecule has 0 atom stereocenters. The summed E-state index contributed by atoms with van der Waals surface area (Å²) in [4.78, 5) is 28.2. The fourth-order valence-electron chi connectivity index (χ4n) is 4.07. The number of carbonyl (C=O) groups excluding carboxylic acids is 1. The van der Waals surface area contributed by atoms with Crippen molar-refractivity contribution in [2.45, 2.75) is 37.6 Å². The van der Waals surface area contributed by atoms with Gasteiger partial charge in [0.2, 0.25) is 5.89 Å². The predicted molar refractivity (Wildman–Crippen MR) is 119 cm³/mol. The summed E-state index contributed by atoms with van der Waals surface area (Å²) in [6.07, 6.45) is 1.84. The molecule has 0 bridgehead atoms. The molecule has 0 spiro atoms. The highest BCUT2D eigenvalue weighted by molar-refractivity contribution is 7.20. The van der Waals surface area contributed by atoms with Crippen molar-refractivity contribution in [3.05, 3.63) is 65.3 Å². The number of amides is 1. The summed E-state index contributed by atoms with van der Waals surface area (Å²) in [7, 11) is 0. The Labute approximate surface area is 187 Å². The number of nitrogens with one attached hydrogen (secondary N) is 1. The van der Waals surface area contributed by atoms with Crippen LogP contribution in [0.2, 0.25) is 0 Å². The molecular weight excluding hydrogens is 428 g/mol. The Morgan fingerprint density at radius 1 is 1.00 bits per heavy atom. The number of fused-ring (bicyclic) bond motifs is 1. The van der Waals surface area contributed by atoms with E-state index in [2.05, 4.69) is 20.5 Å². The van der Waals surface area contributed by atoms with Crippen molar-refractivity contribution in [3.63, 3.8) is 0 Å². The monoisotopic (exact) mass is 448 g/mol. The Hall–Kier alpha value is -3.59. The van der Waals surface area contributed by atoms with Gasteiger partial charge in [0.1, 0.15) is 0 Å². The lowest BCUT2D eigenvalue weighted by Gasteiger charge is -2.26. The van der Waals surface area contributed by atoms with Crippen LogP contribution in [0.15, 0.2) is 52.9 Å². The quantitative estimate of drug-likeness (QED) is 0.418. The summed E-state index contributed by atoms with van der Waals surface area (Å²) in [6.45, 7) is 0. The van der Waals surface area contributed by atoms with Gasteiger partial charge in [0, 0.05) is 12.0 Å². The zero-order valence-corrected chi connectivity index (χ0v) is 17.8. The van der Waals surface area contributed by atoms with Gasteiger partial charge in [-0.05, 0) is 48.9 Å². The highest BCUT2D eigenvalue weighted by atomic mass is 32.1. The standard InChI is InChI=1S/C23H20N4O4S/c28-19(21-27-26-20(31-21)14-6-9-16(10-7-14)24-23(29)30)22-25-17-11-8-15(12-18(17)32-22)13-4-2-1-3-5-13/h1-5,8,11-12,14,16,24H,6-7,9-10H2,(H,29,30). The van der Waals surface area contributed by atoms with Crippen molar-refractivity contribution in [2.75, 3.05) is 0 Å². The molecule has 162 valence electrons. The Bertz CT molecular complexity index is 1280. The Kier molecular flexibility index (Phi) is 5.40. The fraction of sp³-hybridized carbons (Fsp3) is 0.261. The minimum atomic E-state index is -1.01. The summed E-state index contributed by atoms with van der Waals surface area (Å²) in [5, 5.41) is 19.7. The maximum absolute atomic E-state index is 12.9. The van der Waals surface area contributed by atoms with Gasteiger partial charge in [-0.25, -0.2) is 9.78 Å². The first-order valence-electron chi connectivity index (χ1n) is 10.4. The van der Waals surface area contributed by atoms with Crippen LogP contribution in [0.1, 0.15) is 53.2 Å². The second-order valence-corrected chi connectivity index (χ2v) is 8.87. The van der Waals surface area contributed by atoms with Gasteiger partial charge >= 0.3 is 6.09 Å². The number of nitrogens with zero attached hydrogens (tertiary/aromatic N) is 3. The van der Waals surface area contributed by atoms with E-state index < -0.39 is 6.09 Å². The summed E-state index contributed by atoms with van der Waals surface area (Å²) in [5.41, 5.74) is 2.92. The number of thiazole rings is 1. The SMILES string of the molecule is O=C(O)NC1CCC(c2nnc(C(=O)c3nc4ccc(-c5ccccc5)cc4s3)o2)CC1. The van der Waals surface area contributed by atoms with Gasteiger partial charge in [-0.1, -0.05) is 36.4 Å². The molecule has 1 aliphatic rings. The van der Waals surface area contributed by atoms with E-state index in [0.717, 1.165) is 34.2 Å². The third kappa shape index (κ3) is 4.11. The third-order valence-corrected chi connectivity index (χ3v) is 6.75. The summed E-state index contributed by atoms with van der Waals surface area (Å²) in [6, 6.07) is 15.9. The van der Waals surface area contributed by atoms with Crippen LogP contribution in [0.5, 0.6) is 0 Å². The van der Waals surface area contributed by atoms with E-state index in [1.807, 2.05) is 48.5 Å². The average molecular weight is 449 g/mol. The largest absolute Gasteiger partial charge is 0.465 e. The fourth-order valence-corrected chi connectivity index (χ4v) is 5.01. The molecule has 9 heteroatoms. The molecule has 4 aromatic rings. The lowest BCUT2D eigenvalue weighted by Crippen LogP contribution is -2.36. The normalized spacial score (nSPS) is 18.5. The zero-order valence-electron chi connectivity index (χ0n) is 17.0. The molecule has 5 rings (SSSR count). The van der Waals surface area contributed by atoms with Gasteiger partial charge in [-0.15, -0.1) is 21.5 Å². The minimum Gasteiger partial charge on any atom is -0.465 e. The van der Waals surface area contributed by atoms with Gasteiger partial charge in [0.15, 0.2) is 5.01 Å². The lowest BCUT2D eigenvalue weighted by atomic mass is 9.86. The van der Waals surface area contributed by atoms with E-state index in [4.69, 9.17) is 9.52 Å². The smallest absolute Gasteiger partial charge is 0.404 e. The van der Waals surface area contributed by atoms with Crippen LogP contribution in [-0.4, -0.2) is 38.2 Å². The molecule has 8 nitrogen and oxygen atoms in total. The molecule has 2 heterocycles. The summed E-state index contributed by atoms with van der Waals surface area (Å²) in [5.74, 6) is 0.00913. The van der Waals surface area contributed by atoms with Crippen LogP contribution >= 0.6 is 11.3 Å². The molecule has 0 unspecified atom stereocenters. The van der Waals surface area contributed by atoms with E-state index in [1.165, 1.54) is 11.3 Å². The van der Waals surface area contributed by atoms with E-state index in [-0.39, 0.29) is 23.6 Å².